The van der Waals surface area contributed by atoms with Crippen LogP contribution in [0.3, 0.4) is 0 Å². The molecule has 1 heterocycles. The van der Waals surface area contributed by atoms with Crippen molar-refractivity contribution in [1.82, 2.24) is 4.31 Å². The summed E-state index contributed by atoms with van der Waals surface area (Å²) in [5, 5.41) is 18.5. The number of rotatable bonds is 4. The largest absolute Gasteiger partial charge is 0.393 e. The number of sulfonamides is 1. The van der Waals surface area contributed by atoms with Gasteiger partial charge in [0.25, 0.3) is 0 Å². The first-order valence-corrected chi connectivity index (χ1v) is 8.68. The lowest BCUT2D eigenvalue weighted by Crippen LogP contribution is -2.43. The highest BCUT2D eigenvalue weighted by molar-refractivity contribution is 7.88. The molecule has 0 bridgehead atoms. The molecule has 0 amide bonds. The lowest BCUT2D eigenvalue weighted by Gasteiger charge is -2.33. The topological polar surface area (TPSA) is 81.4 Å². The molecular formula is C15H20N2O3S. The van der Waals surface area contributed by atoms with E-state index in [1.807, 2.05) is 6.07 Å². The Labute approximate surface area is 125 Å². The van der Waals surface area contributed by atoms with Gasteiger partial charge in [-0.2, -0.15) is 5.26 Å². The lowest BCUT2D eigenvalue weighted by atomic mass is 9.95. The zero-order valence-electron chi connectivity index (χ0n) is 12.1. The van der Waals surface area contributed by atoms with Crippen LogP contribution in [0.4, 0.5) is 0 Å². The third-order valence-electron chi connectivity index (χ3n) is 3.90. The highest BCUT2D eigenvalue weighted by Gasteiger charge is 2.30. The average molecular weight is 308 g/mol. The zero-order valence-corrected chi connectivity index (χ0v) is 12.9. The number of aliphatic hydroxyl groups is 1. The van der Waals surface area contributed by atoms with Gasteiger partial charge in [-0.25, -0.2) is 12.7 Å². The predicted octanol–water partition coefficient (Wildman–Crippen LogP) is 1.48. The van der Waals surface area contributed by atoms with E-state index in [4.69, 9.17) is 5.26 Å². The van der Waals surface area contributed by atoms with E-state index < -0.39 is 16.1 Å². The lowest BCUT2D eigenvalue weighted by molar-refractivity contribution is 0.0885. The Morgan fingerprint density at radius 1 is 1.52 bits per heavy atom. The number of nitrogens with zero attached hydrogens (tertiary/aromatic N) is 2. The third kappa shape index (κ3) is 4.03. The quantitative estimate of drug-likeness (QED) is 0.913. The molecule has 114 valence electrons. The smallest absolute Gasteiger partial charge is 0.218 e. The Morgan fingerprint density at radius 2 is 2.29 bits per heavy atom. The average Bonchev–Trinajstić information content (AvgIpc) is 2.47. The van der Waals surface area contributed by atoms with Gasteiger partial charge in [0.2, 0.25) is 10.0 Å². The van der Waals surface area contributed by atoms with Gasteiger partial charge in [-0.3, -0.25) is 0 Å². The van der Waals surface area contributed by atoms with Crippen molar-refractivity contribution in [1.29, 1.82) is 5.26 Å². The van der Waals surface area contributed by atoms with Crippen LogP contribution < -0.4 is 0 Å². The van der Waals surface area contributed by atoms with Crippen molar-refractivity contribution in [2.24, 2.45) is 5.92 Å². The van der Waals surface area contributed by atoms with Gasteiger partial charge < -0.3 is 5.11 Å². The molecule has 0 radical (unpaired) electrons. The van der Waals surface area contributed by atoms with Crippen LogP contribution in [-0.4, -0.2) is 37.0 Å². The van der Waals surface area contributed by atoms with E-state index in [-0.39, 0.29) is 11.7 Å². The maximum Gasteiger partial charge on any atom is 0.218 e. The van der Waals surface area contributed by atoms with Crippen molar-refractivity contribution in [2.75, 3.05) is 13.1 Å². The van der Waals surface area contributed by atoms with Crippen LogP contribution in [0.2, 0.25) is 0 Å². The molecule has 5 nitrogen and oxygen atoms in total. The highest BCUT2D eigenvalue weighted by atomic mass is 32.2. The molecule has 2 rings (SSSR count). The van der Waals surface area contributed by atoms with Crippen molar-refractivity contribution in [3.63, 3.8) is 0 Å². The van der Waals surface area contributed by atoms with Crippen molar-refractivity contribution < 1.29 is 13.5 Å². The first kappa shape index (κ1) is 16.0. The van der Waals surface area contributed by atoms with E-state index in [1.54, 1.807) is 31.2 Å². The fourth-order valence-electron chi connectivity index (χ4n) is 2.65. The van der Waals surface area contributed by atoms with Crippen LogP contribution in [0.1, 0.15) is 30.9 Å². The number of piperidine rings is 1. The van der Waals surface area contributed by atoms with Gasteiger partial charge in [0.1, 0.15) is 0 Å². The van der Waals surface area contributed by atoms with Crippen LogP contribution in [0.25, 0.3) is 0 Å². The summed E-state index contributed by atoms with van der Waals surface area (Å²) in [6.07, 6.45) is 1.13. The van der Waals surface area contributed by atoms with Gasteiger partial charge >= 0.3 is 0 Å². The van der Waals surface area contributed by atoms with E-state index >= 15 is 0 Å². The molecule has 1 aliphatic heterocycles. The van der Waals surface area contributed by atoms with Gasteiger partial charge in [-0.05, 0) is 43.4 Å². The summed E-state index contributed by atoms with van der Waals surface area (Å²) < 4.78 is 26.4. The summed E-state index contributed by atoms with van der Waals surface area (Å²) in [7, 11) is -3.41. The van der Waals surface area contributed by atoms with E-state index in [1.165, 1.54) is 4.31 Å². The molecule has 0 spiro atoms. The number of nitriles is 1. The van der Waals surface area contributed by atoms with E-state index in [2.05, 4.69) is 0 Å². The summed E-state index contributed by atoms with van der Waals surface area (Å²) in [5.74, 6) is -0.103. The zero-order chi connectivity index (χ0) is 15.5. The Balaban J connectivity index is 2.12. The second-order valence-electron chi connectivity index (χ2n) is 5.57. The van der Waals surface area contributed by atoms with Gasteiger partial charge in [0.15, 0.2) is 0 Å². The molecule has 1 fully saturated rings. The molecule has 21 heavy (non-hydrogen) atoms. The molecular weight excluding hydrogens is 288 g/mol. The highest BCUT2D eigenvalue weighted by Crippen LogP contribution is 2.23. The van der Waals surface area contributed by atoms with Crippen LogP contribution in [0, 0.1) is 17.2 Å². The summed E-state index contributed by atoms with van der Waals surface area (Å²) in [6.45, 7) is 2.58. The minimum absolute atomic E-state index is 0.000956. The first-order valence-electron chi connectivity index (χ1n) is 7.07. The minimum Gasteiger partial charge on any atom is -0.393 e. The Morgan fingerprint density at radius 3 is 2.95 bits per heavy atom. The summed E-state index contributed by atoms with van der Waals surface area (Å²) in [6, 6.07) is 8.68. The summed E-state index contributed by atoms with van der Waals surface area (Å²) in [5.41, 5.74) is 1.08. The molecule has 2 atom stereocenters. The normalized spacial score (nSPS) is 21.7. The SMILES string of the molecule is CC(O)C1CCCN(S(=O)(=O)Cc2cccc(C#N)c2)C1. The van der Waals surface area contributed by atoms with Crippen molar-refractivity contribution >= 4 is 10.0 Å². The Kier molecular flexibility index (Phi) is 4.99. The second kappa shape index (κ2) is 6.56. The van der Waals surface area contributed by atoms with E-state index in [9.17, 15) is 13.5 Å². The number of hydrogen-bond acceptors (Lipinski definition) is 4. The molecule has 0 aromatic heterocycles. The van der Waals surface area contributed by atoms with Crippen molar-refractivity contribution in [3.8, 4) is 6.07 Å². The first-order chi connectivity index (χ1) is 9.92. The minimum atomic E-state index is -3.41. The van der Waals surface area contributed by atoms with Crippen LogP contribution in [0.5, 0.6) is 0 Å². The van der Waals surface area contributed by atoms with Crippen molar-refractivity contribution in [2.45, 2.75) is 31.6 Å². The number of hydrogen-bond donors (Lipinski definition) is 1. The summed E-state index contributed by atoms with van der Waals surface area (Å²) in [4.78, 5) is 0. The third-order valence-corrected chi connectivity index (χ3v) is 5.72. The molecule has 1 aromatic carbocycles. The van der Waals surface area contributed by atoms with Gasteiger partial charge in [-0.1, -0.05) is 12.1 Å². The predicted molar refractivity (Wildman–Crippen MR) is 79.8 cm³/mol. The van der Waals surface area contributed by atoms with Gasteiger partial charge in [-0.15, -0.1) is 0 Å². The van der Waals surface area contributed by atoms with Crippen LogP contribution in [0.15, 0.2) is 24.3 Å². The molecule has 1 saturated heterocycles. The number of benzene rings is 1. The standard InChI is InChI=1S/C15H20N2O3S/c1-12(18)15-6-3-7-17(10-15)21(19,20)11-14-5-2-4-13(8-14)9-16/h2,4-5,8,12,15,18H,3,6-7,10-11H2,1H3. The molecule has 2 unspecified atom stereocenters. The molecule has 1 aromatic rings. The molecule has 6 heteroatoms. The van der Waals surface area contributed by atoms with E-state index in [0.717, 1.165) is 12.8 Å². The Hall–Kier alpha value is -1.42. The van der Waals surface area contributed by atoms with Crippen molar-refractivity contribution in [3.05, 3.63) is 35.4 Å². The van der Waals surface area contributed by atoms with Gasteiger partial charge in [0.05, 0.1) is 23.5 Å². The monoisotopic (exact) mass is 308 g/mol. The van der Waals surface area contributed by atoms with Gasteiger partial charge in [0, 0.05) is 13.1 Å². The fourth-order valence-corrected chi connectivity index (χ4v) is 4.26. The molecule has 1 aliphatic rings. The molecule has 0 aliphatic carbocycles. The second-order valence-corrected chi connectivity index (χ2v) is 7.54. The van der Waals surface area contributed by atoms with Crippen LogP contribution in [-0.2, 0) is 15.8 Å². The molecule has 0 saturated carbocycles. The maximum atomic E-state index is 12.5. The maximum absolute atomic E-state index is 12.5. The number of aliphatic hydroxyl groups excluding tert-OH is 1. The Bertz CT molecular complexity index is 635. The summed E-state index contributed by atoms with van der Waals surface area (Å²) >= 11 is 0. The molecule has 1 N–H and O–H groups in total. The van der Waals surface area contributed by atoms with Crippen LogP contribution >= 0.6 is 0 Å². The fraction of sp³-hybridized carbons (Fsp3) is 0.533. The van der Waals surface area contributed by atoms with E-state index in [0.29, 0.717) is 24.2 Å².